The van der Waals surface area contributed by atoms with E-state index in [-0.39, 0.29) is 0 Å². The number of aryl methyl sites for hydroxylation is 1. The largest absolute Gasteiger partial charge is 0.330 e. The number of hydrogen-bond acceptors (Lipinski definition) is 6. The molecule has 0 saturated heterocycles. The second-order valence-corrected chi connectivity index (χ2v) is 7.93. The Labute approximate surface area is 188 Å². The zero-order valence-corrected chi connectivity index (χ0v) is 18.5. The van der Waals surface area contributed by atoms with Crippen molar-refractivity contribution in [3.05, 3.63) is 65.7 Å². The number of aromatic amines is 1. The molecule has 3 N–H and O–H groups in total. The molecule has 0 aliphatic carbocycles. The molecule has 0 fully saturated rings. The summed E-state index contributed by atoms with van der Waals surface area (Å²) in [5.41, 5.74) is 10.0. The summed E-state index contributed by atoms with van der Waals surface area (Å²) in [5, 5.41) is 19.2. The standard InChI is InChI=1S/C24H30N8/c1-2-3-4-5-10-23-26-22(15-16-25)29-32(23)17-18-11-13-19(14-12-18)20-8-6-7-9-21(20)24-27-30-31-28-24/h6-9,11-14H,2-5,10,15-17,25H2,1H3,(H,27,28,30,31). The van der Waals surface area contributed by atoms with Gasteiger partial charge in [-0.25, -0.2) is 9.67 Å². The summed E-state index contributed by atoms with van der Waals surface area (Å²) >= 11 is 0. The smallest absolute Gasteiger partial charge is 0.205 e. The number of tetrazole rings is 1. The Kier molecular flexibility index (Phi) is 7.34. The van der Waals surface area contributed by atoms with Crippen molar-refractivity contribution >= 4 is 0 Å². The van der Waals surface area contributed by atoms with E-state index in [2.05, 4.69) is 57.9 Å². The van der Waals surface area contributed by atoms with E-state index in [1.165, 1.54) is 24.8 Å². The second-order valence-electron chi connectivity index (χ2n) is 7.93. The Morgan fingerprint density at radius 1 is 0.938 bits per heavy atom. The number of nitrogens with zero attached hydrogens (tertiary/aromatic N) is 6. The van der Waals surface area contributed by atoms with E-state index in [0.717, 1.165) is 41.2 Å². The van der Waals surface area contributed by atoms with E-state index in [1.807, 2.05) is 22.9 Å². The lowest BCUT2D eigenvalue weighted by Crippen LogP contribution is -2.08. The van der Waals surface area contributed by atoms with Crippen LogP contribution in [0.5, 0.6) is 0 Å². The van der Waals surface area contributed by atoms with Gasteiger partial charge in [-0.05, 0) is 34.9 Å². The third-order valence-electron chi connectivity index (χ3n) is 5.52. The molecule has 8 heteroatoms. The topological polar surface area (TPSA) is 111 Å². The number of nitrogens with one attached hydrogen (secondary N) is 1. The minimum atomic E-state index is 0.563. The fourth-order valence-electron chi connectivity index (χ4n) is 3.85. The molecular formula is C24H30N8. The molecule has 2 aromatic carbocycles. The summed E-state index contributed by atoms with van der Waals surface area (Å²) in [6, 6.07) is 16.6. The highest BCUT2D eigenvalue weighted by Gasteiger charge is 2.12. The van der Waals surface area contributed by atoms with Gasteiger partial charge in [0.25, 0.3) is 0 Å². The van der Waals surface area contributed by atoms with E-state index < -0.39 is 0 Å². The van der Waals surface area contributed by atoms with Gasteiger partial charge in [0.2, 0.25) is 5.82 Å². The minimum absolute atomic E-state index is 0.563. The van der Waals surface area contributed by atoms with Gasteiger partial charge in [0.05, 0.1) is 6.54 Å². The summed E-state index contributed by atoms with van der Waals surface area (Å²) in [4.78, 5) is 4.75. The predicted molar refractivity (Wildman–Crippen MR) is 125 cm³/mol. The fraction of sp³-hybridized carbons (Fsp3) is 0.375. The van der Waals surface area contributed by atoms with Crippen LogP contribution < -0.4 is 5.73 Å². The molecule has 0 aliphatic rings. The number of hydrogen-bond donors (Lipinski definition) is 2. The van der Waals surface area contributed by atoms with Crippen LogP contribution >= 0.6 is 0 Å². The van der Waals surface area contributed by atoms with Crippen molar-refractivity contribution in [2.45, 2.75) is 52.0 Å². The highest BCUT2D eigenvalue weighted by Crippen LogP contribution is 2.29. The lowest BCUT2D eigenvalue weighted by molar-refractivity contribution is 0.594. The van der Waals surface area contributed by atoms with Gasteiger partial charge in [-0.15, -0.1) is 10.2 Å². The van der Waals surface area contributed by atoms with Crippen LogP contribution in [0.4, 0.5) is 0 Å². The first-order valence-corrected chi connectivity index (χ1v) is 11.3. The molecule has 0 spiro atoms. The third-order valence-corrected chi connectivity index (χ3v) is 5.52. The van der Waals surface area contributed by atoms with Gasteiger partial charge in [0, 0.05) is 18.4 Å². The van der Waals surface area contributed by atoms with Crippen LogP contribution in [-0.4, -0.2) is 41.9 Å². The van der Waals surface area contributed by atoms with Crippen molar-refractivity contribution in [1.29, 1.82) is 0 Å². The van der Waals surface area contributed by atoms with E-state index in [0.29, 0.717) is 25.3 Å². The molecule has 0 unspecified atom stereocenters. The lowest BCUT2D eigenvalue weighted by atomic mass is 9.98. The molecule has 0 amide bonds. The maximum atomic E-state index is 5.73. The van der Waals surface area contributed by atoms with Crippen molar-refractivity contribution in [2.24, 2.45) is 5.73 Å². The zero-order valence-electron chi connectivity index (χ0n) is 18.5. The highest BCUT2D eigenvalue weighted by molar-refractivity contribution is 5.80. The molecule has 0 aliphatic heterocycles. The maximum Gasteiger partial charge on any atom is 0.205 e. The van der Waals surface area contributed by atoms with E-state index >= 15 is 0 Å². The molecule has 4 aromatic rings. The average Bonchev–Trinajstić information content (AvgIpc) is 3.48. The van der Waals surface area contributed by atoms with Crippen LogP contribution in [-0.2, 0) is 19.4 Å². The first-order chi connectivity index (χ1) is 15.8. The van der Waals surface area contributed by atoms with Gasteiger partial charge in [-0.1, -0.05) is 74.7 Å². The summed E-state index contributed by atoms with van der Waals surface area (Å²) in [5.74, 6) is 2.48. The zero-order chi connectivity index (χ0) is 22.2. The Balaban J connectivity index is 1.52. The summed E-state index contributed by atoms with van der Waals surface area (Å²) in [7, 11) is 0. The number of H-pyrrole nitrogens is 1. The average molecular weight is 431 g/mol. The predicted octanol–water partition coefficient (Wildman–Crippen LogP) is 3.80. The van der Waals surface area contributed by atoms with Crippen molar-refractivity contribution in [2.75, 3.05) is 6.54 Å². The molecule has 4 rings (SSSR count). The van der Waals surface area contributed by atoms with E-state index in [1.54, 1.807) is 0 Å². The summed E-state index contributed by atoms with van der Waals surface area (Å²) in [6.45, 7) is 3.49. The quantitative estimate of drug-likeness (QED) is 0.350. The molecule has 2 aromatic heterocycles. The van der Waals surface area contributed by atoms with Gasteiger partial charge in [0.1, 0.15) is 5.82 Å². The molecule has 0 saturated carbocycles. The first kappa shape index (κ1) is 21.8. The Morgan fingerprint density at radius 3 is 2.47 bits per heavy atom. The van der Waals surface area contributed by atoms with Crippen LogP contribution in [0.1, 0.15) is 49.8 Å². The van der Waals surface area contributed by atoms with Crippen LogP contribution in [0.15, 0.2) is 48.5 Å². The van der Waals surface area contributed by atoms with Gasteiger partial charge < -0.3 is 5.73 Å². The Hall–Kier alpha value is -3.39. The van der Waals surface area contributed by atoms with Crippen LogP contribution in [0.25, 0.3) is 22.5 Å². The van der Waals surface area contributed by atoms with Crippen molar-refractivity contribution in [3.63, 3.8) is 0 Å². The number of benzene rings is 2. The van der Waals surface area contributed by atoms with Crippen molar-refractivity contribution < 1.29 is 0 Å². The maximum absolute atomic E-state index is 5.73. The number of rotatable bonds is 11. The van der Waals surface area contributed by atoms with Gasteiger partial charge in [0.15, 0.2) is 5.82 Å². The fourth-order valence-corrected chi connectivity index (χ4v) is 3.85. The Bertz CT molecular complexity index is 1100. The van der Waals surface area contributed by atoms with Gasteiger partial charge in [-0.3, -0.25) is 0 Å². The third kappa shape index (κ3) is 5.26. The Morgan fingerprint density at radius 2 is 1.75 bits per heavy atom. The monoisotopic (exact) mass is 430 g/mol. The molecule has 32 heavy (non-hydrogen) atoms. The van der Waals surface area contributed by atoms with Crippen LogP contribution in [0, 0.1) is 0 Å². The molecule has 0 radical (unpaired) electrons. The molecule has 2 heterocycles. The minimum Gasteiger partial charge on any atom is -0.330 e. The molecule has 8 nitrogen and oxygen atoms in total. The SMILES string of the molecule is CCCCCCc1nc(CCN)nn1Cc1ccc(-c2ccccc2-c2nn[nH]n2)cc1. The molecule has 0 bridgehead atoms. The highest BCUT2D eigenvalue weighted by atomic mass is 15.5. The van der Waals surface area contributed by atoms with E-state index in [4.69, 9.17) is 15.8 Å². The number of unbranched alkanes of at least 4 members (excludes halogenated alkanes) is 3. The van der Waals surface area contributed by atoms with Crippen LogP contribution in [0.3, 0.4) is 0 Å². The summed E-state index contributed by atoms with van der Waals surface area (Å²) < 4.78 is 2.04. The second kappa shape index (κ2) is 10.8. The first-order valence-electron chi connectivity index (χ1n) is 11.3. The molecular weight excluding hydrogens is 400 g/mol. The normalized spacial score (nSPS) is 11.2. The van der Waals surface area contributed by atoms with Crippen molar-refractivity contribution in [1.82, 2.24) is 35.4 Å². The number of aromatic nitrogens is 7. The van der Waals surface area contributed by atoms with E-state index in [9.17, 15) is 0 Å². The van der Waals surface area contributed by atoms with Gasteiger partial charge in [-0.2, -0.15) is 10.3 Å². The molecule has 166 valence electrons. The van der Waals surface area contributed by atoms with Gasteiger partial charge >= 0.3 is 0 Å². The van der Waals surface area contributed by atoms with Crippen molar-refractivity contribution in [3.8, 4) is 22.5 Å². The molecule has 0 atom stereocenters. The number of nitrogens with two attached hydrogens (primary N) is 1. The van der Waals surface area contributed by atoms with Crippen LogP contribution in [0.2, 0.25) is 0 Å². The summed E-state index contributed by atoms with van der Waals surface area (Å²) in [6.07, 6.45) is 6.52. The lowest BCUT2D eigenvalue weighted by Gasteiger charge is -2.09.